The standard InChI is InChI=1S/C10H11N3OS/c1-7-3-2-4-11-9(7)12-5-8-6-15-10(14)13-8/h2-4,6H,5H2,1H3,(H,11,12)(H,13,14). The van der Waals surface area contributed by atoms with Crippen LogP contribution in [0, 0.1) is 6.92 Å². The first-order chi connectivity index (χ1) is 7.25. The summed E-state index contributed by atoms with van der Waals surface area (Å²) >= 11 is 1.17. The monoisotopic (exact) mass is 221 g/mol. The Morgan fingerprint density at radius 3 is 3.13 bits per heavy atom. The van der Waals surface area contributed by atoms with Gasteiger partial charge >= 0.3 is 4.87 Å². The van der Waals surface area contributed by atoms with Crippen molar-refractivity contribution in [2.75, 3.05) is 5.32 Å². The first kappa shape index (κ1) is 9.92. The molecule has 0 aliphatic carbocycles. The second-order valence-corrected chi connectivity index (χ2v) is 4.04. The van der Waals surface area contributed by atoms with Crippen LogP contribution in [0.4, 0.5) is 5.82 Å². The van der Waals surface area contributed by atoms with Gasteiger partial charge in [0.1, 0.15) is 5.82 Å². The molecule has 0 unspecified atom stereocenters. The normalized spacial score (nSPS) is 10.2. The lowest BCUT2D eigenvalue weighted by Crippen LogP contribution is -2.05. The van der Waals surface area contributed by atoms with Crippen LogP contribution in [0.15, 0.2) is 28.5 Å². The maximum absolute atomic E-state index is 10.9. The summed E-state index contributed by atoms with van der Waals surface area (Å²) < 4.78 is 0. The third-order valence-electron chi connectivity index (χ3n) is 2.03. The van der Waals surface area contributed by atoms with E-state index in [1.165, 1.54) is 11.3 Å². The van der Waals surface area contributed by atoms with Crippen LogP contribution in [-0.2, 0) is 6.54 Å². The first-order valence-corrected chi connectivity index (χ1v) is 5.46. The maximum Gasteiger partial charge on any atom is 0.304 e. The molecule has 0 aromatic carbocycles. The number of aromatic nitrogens is 2. The van der Waals surface area contributed by atoms with Crippen molar-refractivity contribution in [3.05, 3.63) is 44.6 Å². The number of hydrogen-bond acceptors (Lipinski definition) is 4. The first-order valence-electron chi connectivity index (χ1n) is 4.58. The van der Waals surface area contributed by atoms with Crippen LogP contribution in [0.1, 0.15) is 11.3 Å². The van der Waals surface area contributed by atoms with E-state index in [4.69, 9.17) is 0 Å². The third kappa shape index (κ3) is 2.44. The van der Waals surface area contributed by atoms with Crippen molar-refractivity contribution in [2.24, 2.45) is 0 Å². The van der Waals surface area contributed by atoms with E-state index < -0.39 is 0 Å². The molecule has 2 rings (SSSR count). The number of aryl methyl sites for hydroxylation is 1. The van der Waals surface area contributed by atoms with Crippen LogP contribution in [0.2, 0.25) is 0 Å². The van der Waals surface area contributed by atoms with Gasteiger partial charge in [0, 0.05) is 17.3 Å². The molecule has 0 aliphatic rings. The zero-order chi connectivity index (χ0) is 10.7. The molecule has 0 bridgehead atoms. The minimum Gasteiger partial charge on any atom is -0.364 e. The number of anilines is 1. The van der Waals surface area contributed by atoms with Crippen LogP contribution in [0.25, 0.3) is 0 Å². The van der Waals surface area contributed by atoms with Crippen molar-refractivity contribution >= 4 is 17.2 Å². The molecule has 0 spiro atoms. The van der Waals surface area contributed by atoms with Crippen LogP contribution >= 0.6 is 11.3 Å². The SMILES string of the molecule is Cc1cccnc1NCc1csc(=O)[nH]1. The summed E-state index contributed by atoms with van der Waals surface area (Å²) in [6, 6.07) is 3.89. The molecule has 0 aliphatic heterocycles. The molecule has 2 aromatic heterocycles. The molecule has 2 heterocycles. The maximum atomic E-state index is 10.9. The number of thiazole rings is 1. The van der Waals surface area contributed by atoms with Crippen molar-refractivity contribution in [1.82, 2.24) is 9.97 Å². The Labute approximate surface area is 91.0 Å². The summed E-state index contributed by atoms with van der Waals surface area (Å²) in [6.45, 7) is 2.59. The van der Waals surface area contributed by atoms with Gasteiger partial charge < -0.3 is 10.3 Å². The van der Waals surface area contributed by atoms with Gasteiger partial charge in [0.15, 0.2) is 0 Å². The van der Waals surface area contributed by atoms with E-state index in [0.29, 0.717) is 6.54 Å². The van der Waals surface area contributed by atoms with E-state index in [9.17, 15) is 4.79 Å². The molecule has 2 N–H and O–H groups in total. The van der Waals surface area contributed by atoms with Crippen LogP contribution in [0.3, 0.4) is 0 Å². The fourth-order valence-corrected chi connectivity index (χ4v) is 1.83. The molecule has 4 nitrogen and oxygen atoms in total. The predicted molar refractivity (Wildman–Crippen MR) is 61.2 cm³/mol. The highest BCUT2D eigenvalue weighted by molar-refractivity contribution is 7.07. The Hall–Kier alpha value is -1.62. The summed E-state index contributed by atoms with van der Waals surface area (Å²) in [5.41, 5.74) is 1.98. The van der Waals surface area contributed by atoms with Crippen molar-refractivity contribution < 1.29 is 0 Å². The minimum absolute atomic E-state index is 0.0236. The van der Waals surface area contributed by atoms with Crippen LogP contribution < -0.4 is 10.2 Å². The zero-order valence-corrected chi connectivity index (χ0v) is 9.10. The number of pyridine rings is 1. The quantitative estimate of drug-likeness (QED) is 0.830. The number of H-pyrrole nitrogens is 1. The Bertz CT molecular complexity index is 503. The van der Waals surface area contributed by atoms with Crippen LogP contribution in [0.5, 0.6) is 0 Å². The Morgan fingerprint density at radius 2 is 2.47 bits per heavy atom. The molecule has 0 saturated heterocycles. The highest BCUT2D eigenvalue weighted by Gasteiger charge is 1.99. The van der Waals surface area contributed by atoms with Gasteiger partial charge in [0.05, 0.1) is 6.54 Å². The summed E-state index contributed by atoms with van der Waals surface area (Å²) in [7, 11) is 0. The van der Waals surface area contributed by atoms with Gasteiger partial charge in [0.25, 0.3) is 0 Å². The third-order valence-corrected chi connectivity index (χ3v) is 2.75. The Balaban J connectivity index is 2.05. The van der Waals surface area contributed by atoms with Crippen molar-refractivity contribution in [3.8, 4) is 0 Å². The molecular weight excluding hydrogens is 210 g/mol. The summed E-state index contributed by atoms with van der Waals surface area (Å²) in [5, 5.41) is 4.98. The average Bonchev–Trinajstić information content (AvgIpc) is 2.63. The van der Waals surface area contributed by atoms with E-state index in [-0.39, 0.29) is 4.87 Å². The number of aromatic amines is 1. The second-order valence-electron chi connectivity index (χ2n) is 3.20. The van der Waals surface area contributed by atoms with E-state index in [2.05, 4.69) is 15.3 Å². The Kier molecular flexibility index (Phi) is 2.82. The van der Waals surface area contributed by atoms with Gasteiger partial charge in [0.2, 0.25) is 0 Å². The highest BCUT2D eigenvalue weighted by atomic mass is 32.1. The zero-order valence-electron chi connectivity index (χ0n) is 8.28. The minimum atomic E-state index is -0.0236. The molecule has 15 heavy (non-hydrogen) atoms. The molecular formula is C10H11N3OS. The fraction of sp³-hybridized carbons (Fsp3) is 0.200. The van der Waals surface area contributed by atoms with Gasteiger partial charge in [-0.05, 0) is 18.6 Å². The lowest BCUT2D eigenvalue weighted by Gasteiger charge is -2.05. The topological polar surface area (TPSA) is 57.8 Å². The van der Waals surface area contributed by atoms with Gasteiger partial charge in [-0.1, -0.05) is 17.4 Å². The van der Waals surface area contributed by atoms with Crippen molar-refractivity contribution in [2.45, 2.75) is 13.5 Å². The number of rotatable bonds is 3. The molecule has 0 fully saturated rings. The lowest BCUT2D eigenvalue weighted by molar-refractivity contribution is 1.03. The lowest BCUT2D eigenvalue weighted by atomic mass is 10.3. The summed E-state index contributed by atoms with van der Waals surface area (Å²) in [4.78, 5) is 17.8. The molecule has 0 amide bonds. The fourth-order valence-electron chi connectivity index (χ4n) is 1.25. The molecule has 5 heteroatoms. The summed E-state index contributed by atoms with van der Waals surface area (Å²) in [6.07, 6.45) is 1.74. The molecule has 0 atom stereocenters. The van der Waals surface area contributed by atoms with E-state index >= 15 is 0 Å². The van der Waals surface area contributed by atoms with Gasteiger partial charge in [-0.2, -0.15) is 0 Å². The second kappa shape index (κ2) is 4.27. The smallest absolute Gasteiger partial charge is 0.304 e. The highest BCUT2D eigenvalue weighted by Crippen LogP contribution is 2.10. The van der Waals surface area contributed by atoms with Gasteiger partial charge in [-0.25, -0.2) is 4.98 Å². The molecule has 2 aromatic rings. The largest absolute Gasteiger partial charge is 0.364 e. The molecule has 78 valence electrons. The summed E-state index contributed by atoms with van der Waals surface area (Å²) in [5.74, 6) is 0.851. The van der Waals surface area contributed by atoms with Crippen LogP contribution in [-0.4, -0.2) is 9.97 Å². The van der Waals surface area contributed by atoms with Crippen molar-refractivity contribution in [3.63, 3.8) is 0 Å². The van der Waals surface area contributed by atoms with E-state index in [1.807, 2.05) is 24.4 Å². The Morgan fingerprint density at radius 1 is 1.60 bits per heavy atom. The molecule has 0 saturated carbocycles. The predicted octanol–water partition coefficient (Wildman–Crippen LogP) is 1.75. The number of nitrogens with one attached hydrogen (secondary N) is 2. The number of nitrogens with zero attached hydrogens (tertiary/aromatic N) is 1. The van der Waals surface area contributed by atoms with E-state index in [0.717, 1.165) is 17.1 Å². The molecule has 0 radical (unpaired) electrons. The van der Waals surface area contributed by atoms with Gasteiger partial charge in [-0.15, -0.1) is 0 Å². The van der Waals surface area contributed by atoms with Crippen molar-refractivity contribution in [1.29, 1.82) is 0 Å². The average molecular weight is 221 g/mol. The van der Waals surface area contributed by atoms with E-state index in [1.54, 1.807) is 6.20 Å². The van der Waals surface area contributed by atoms with Gasteiger partial charge in [-0.3, -0.25) is 4.79 Å². The number of hydrogen-bond donors (Lipinski definition) is 2.